The molecule has 2 heterocycles. The normalized spacial score (nSPS) is 14.1. The van der Waals surface area contributed by atoms with E-state index >= 15 is 0 Å². The van der Waals surface area contributed by atoms with Crippen molar-refractivity contribution < 1.29 is 19.1 Å². The average Bonchev–Trinajstić information content (AvgIpc) is 3.38. The first-order valence-corrected chi connectivity index (χ1v) is 13.2. The Balaban J connectivity index is 1.60. The van der Waals surface area contributed by atoms with E-state index in [-0.39, 0.29) is 11.8 Å². The number of methoxy groups -OCH3 is 2. The van der Waals surface area contributed by atoms with Crippen LogP contribution in [0.2, 0.25) is 0 Å². The van der Waals surface area contributed by atoms with Crippen molar-refractivity contribution in [3.63, 3.8) is 0 Å². The number of nitrogens with zero attached hydrogens (tertiary/aromatic N) is 2. The third-order valence-electron chi connectivity index (χ3n) is 7.18. The Kier molecular flexibility index (Phi) is 7.52. The Bertz CT molecular complexity index is 1670. The number of allylic oxidation sites excluding steroid dienone is 1. The number of fused-ring (bicyclic) bond motifs is 1. The second kappa shape index (κ2) is 11.2. The Morgan fingerprint density at radius 3 is 2.29 bits per heavy atom. The van der Waals surface area contributed by atoms with Gasteiger partial charge in [0.05, 0.1) is 26.0 Å². The molecule has 4 aromatic rings. The summed E-state index contributed by atoms with van der Waals surface area (Å²) in [5, 5.41) is 13.9. The zero-order valence-corrected chi connectivity index (χ0v) is 24.0. The highest BCUT2D eigenvalue weighted by Crippen LogP contribution is 2.44. The number of hydrogen-bond donors (Lipinski definition) is 3. The number of carbonyl (C=O) groups excluding carboxylic acids is 2. The summed E-state index contributed by atoms with van der Waals surface area (Å²) in [5.41, 5.74) is 6.54. The monoisotopic (exact) mass is 551 g/mol. The smallest absolute Gasteiger partial charge is 0.261 e. The van der Waals surface area contributed by atoms with Crippen molar-refractivity contribution >= 4 is 29.0 Å². The van der Waals surface area contributed by atoms with Gasteiger partial charge < -0.3 is 25.4 Å². The maximum atomic E-state index is 14.0. The van der Waals surface area contributed by atoms with E-state index in [0.717, 1.165) is 16.7 Å². The van der Waals surface area contributed by atoms with E-state index in [1.54, 1.807) is 25.0 Å². The minimum Gasteiger partial charge on any atom is -0.493 e. The molecule has 0 aliphatic carbocycles. The highest BCUT2D eigenvalue weighted by Gasteiger charge is 2.37. The van der Waals surface area contributed by atoms with Crippen LogP contribution in [0.15, 0.2) is 78.1 Å². The largest absolute Gasteiger partial charge is 0.493 e. The van der Waals surface area contributed by atoms with E-state index in [1.165, 1.54) is 6.20 Å². The molecular weight excluding hydrogens is 518 g/mol. The summed E-state index contributed by atoms with van der Waals surface area (Å²) in [5.74, 6) is 0.823. The summed E-state index contributed by atoms with van der Waals surface area (Å²) >= 11 is 0. The van der Waals surface area contributed by atoms with E-state index < -0.39 is 6.04 Å². The SMILES string of the molecule is COc1cccc(C2C(C(=O)Nc3ccc(C)cc3C)=C(C)Nc3c(C(=O)Nc4ccc(C)cc4)cnn32)c1OC. The molecule has 1 unspecified atom stereocenters. The van der Waals surface area contributed by atoms with Crippen molar-refractivity contribution in [3.8, 4) is 11.5 Å². The highest BCUT2D eigenvalue weighted by atomic mass is 16.5. The molecule has 1 aromatic heterocycles. The van der Waals surface area contributed by atoms with Crippen molar-refractivity contribution in [3.05, 3.63) is 106 Å². The number of para-hydroxylation sites is 1. The molecule has 41 heavy (non-hydrogen) atoms. The summed E-state index contributed by atoms with van der Waals surface area (Å²) in [7, 11) is 3.12. The van der Waals surface area contributed by atoms with Gasteiger partial charge in [-0.05, 0) is 57.5 Å². The van der Waals surface area contributed by atoms with Gasteiger partial charge >= 0.3 is 0 Å². The first-order valence-electron chi connectivity index (χ1n) is 13.2. The van der Waals surface area contributed by atoms with Crippen LogP contribution in [0.25, 0.3) is 0 Å². The molecule has 1 atom stereocenters. The van der Waals surface area contributed by atoms with Crippen molar-refractivity contribution in [2.24, 2.45) is 0 Å². The summed E-state index contributed by atoms with van der Waals surface area (Å²) in [6.07, 6.45) is 1.50. The number of nitrogens with one attached hydrogen (secondary N) is 3. The number of aromatic nitrogens is 2. The molecule has 1 aliphatic heterocycles. The summed E-state index contributed by atoms with van der Waals surface area (Å²) in [6, 6.07) is 18.2. The highest BCUT2D eigenvalue weighted by molar-refractivity contribution is 6.09. The minimum absolute atomic E-state index is 0.302. The van der Waals surface area contributed by atoms with Crippen molar-refractivity contribution in [1.82, 2.24) is 9.78 Å². The van der Waals surface area contributed by atoms with E-state index in [4.69, 9.17) is 9.47 Å². The van der Waals surface area contributed by atoms with Crippen molar-refractivity contribution in [1.29, 1.82) is 0 Å². The molecule has 0 bridgehead atoms. The lowest BCUT2D eigenvalue weighted by Gasteiger charge is -2.31. The molecule has 0 saturated carbocycles. The molecule has 210 valence electrons. The van der Waals surface area contributed by atoms with Gasteiger partial charge in [-0.1, -0.05) is 47.5 Å². The second-order valence-corrected chi connectivity index (χ2v) is 10.1. The first-order chi connectivity index (χ1) is 19.7. The molecule has 9 heteroatoms. The molecule has 3 N–H and O–H groups in total. The molecule has 0 radical (unpaired) electrons. The zero-order chi connectivity index (χ0) is 29.3. The molecule has 0 fully saturated rings. The minimum atomic E-state index is -0.719. The van der Waals surface area contributed by atoms with Gasteiger partial charge in [0.2, 0.25) is 0 Å². The number of ether oxygens (including phenoxy) is 2. The Morgan fingerprint density at radius 1 is 0.878 bits per heavy atom. The number of carbonyl (C=O) groups is 2. The Labute approximate surface area is 239 Å². The maximum absolute atomic E-state index is 14.0. The molecule has 2 amide bonds. The van der Waals surface area contributed by atoms with Crippen LogP contribution in [-0.4, -0.2) is 35.8 Å². The quantitative estimate of drug-likeness (QED) is 0.260. The molecule has 5 rings (SSSR count). The standard InChI is InChI=1S/C32H33N5O4/c1-18-10-13-22(14-11-18)35-31(38)24-17-33-37-28(23-8-7-9-26(40-5)29(23)41-6)27(21(4)34-30(24)37)32(39)36-25-15-12-19(2)16-20(25)3/h7-17,28,34H,1-6H3,(H,35,38)(H,36,39). The van der Waals surface area contributed by atoms with Crippen molar-refractivity contribution in [2.45, 2.75) is 33.7 Å². The summed E-state index contributed by atoms with van der Waals surface area (Å²) in [6.45, 7) is 7.76. The van der Waals surface area contributed by atoms with Crippen LogP contribution in [-0.2, 0) is 4.79 Å². The fraction of sp³-hybridized carbons (Fsp3) is 0.219. The lowest BCUT2D eigenvalue weighted by molar-refractivity contribution is -0.113. The van der Waals surface area contributed by atoms with Crippen LogP contribution in [0.3, 0.4) is 0 Å². The van der Waals surface area contributed by atoms with Crippen molar-refractivity contribution in [2.75, 3.05) is 30.2 Å². The van der Waals surface area contributed by atoms with Crippen LogP contribution in [0.4, 0.5) is 17.2 Å². The van der Waals surface area contributed by atoms with Gasteiger partial charge in [-0.2, -0.15) is 5.10 Å². The Morgan fingerprint density at radius 2 is 1.61 bits per heavy atom. The first kappa shape index (κ1) is 27.5. The van der Waals surface area contributed by atoms with Gasteiger partial charge in [-0.3, -0.25) is 9.59 Å². The predicted octanol–water partition coefficient (Wildman–Crippen LogP) is 6.01. The molecule has 0 saturated heterocycles. The fourth-order valence-electron chi connectivity index (χ4n) is 5.11. The van der Waals surface area contributed by atoms with Gasteiger partial charge in [0.25, 0.3) is 11.8 Å². The predicted molar refractivity (Wildman–Crippen MR) is 160 cm³/mol. The zero-order valence-electron chi connectivity index (χ0n) is 24.0. The van der Waals surface area contributed by atoms with Gasteiger partial charge in [-0.25, -0.2) is 4.68 Å². The number of anilines is 3. The van der Waals surface area contributed by atoms with Crippen LogP contribution in [0.1, 0.15) is 45.6 Å². The summed E-state index contributed by atoms with van der Waals surface area (Å²) < 4.78 is 13.0. The molecule has 3 aromatic carbocycles. The molecule has 0 spiro atoms. The van der Waals surface area contributed by atoms with E-state index in [0.29, 0.717) is 51.1 Å². The van der Waals surface area contributed by atoms with Crippen LogP contribution in [0.5, 0.6) is 11.5 Å². The third-order valence-corrected chi connectivity index (χ3v) is 7.18. The third kappa shape index (κ3) is 5.26. The maximum Gasteiger partial charge on any atom is 0.261 e. The van der Waals surface area contributed by atoms with Gasteiger partial charge in [0.1, 0.15) is 17.4 Å². The molecular formula is C32H33N5O4. The van der Waals surface area contributed by atoms with Crippen LogP contribution in [0, 0.1) is 20.8 Å². The topological polar surface area (TPSA) is 107 Å². The number of benzene rings is 3. The number of amides is 2. The summed E-state index contributed by atoms with van der Waals surface area (Å²) in [4.78, 5) is 27.4. The van der Waals surface area contributed by atoms with Gasteiger partial charge in [-0.15, -0.1) is 0 Å². The van der Waals surface area contributed by atoms with Gasteiger partial charge in [0, 0.05) is 22.6 Å². The van der Waals surface area contributed by atoms with E-state index in [1.807, 2.05) is 82.3 Å². The molecule has 9 nitrogen and oxygen atoms in total. The Hall–Kier alpha value is -5.05. The number of hydrogen-bond acceptors (Lipinski definition) is 6. The number of rotatable bonds is 7. The van der Waals surface area contributed by atoms with E-state index in [9.17, 15) is 9.59 Å². The van der Waals surface area contributed by atoms with Crippen LogP contribution < -0.4 is 25.4 Å². The number of aryl methyl sites for hydroxylation is 3. The molecule has 1 aliphatic rings. The fourth-order valence-corrected chi connectivity index (χ4v) is 5.11. The van der Waals surface area contributed by atoms with E-state index in [2.05, 4.69) is 21.0 Å². The van der Waals surface area contributed by atoms with Gasteiger partial charge in [0.15, 0.2) is 11.5 Å². The van der Waals surface area contributed by atoms with Crippen LogP contribution >= 0.6 is 0 Å². The lowest BCUT2D eigenvalue weighted by atomic mass is 9.93. The lowest BCUT2D eigenvalue weighted by Crippen LogP contribution is -2.32. The second-order valence-electron chi connectivity index (χ2n) is 10.1. The average molecular weight is 552 g/mol.